The Hall–Kier alpha value is -2.44. The molecule has 0 saturated heterocycles. The van der Waals surface area contributed by atoms with Crippen molar-refractivity contribution in [3.63, 3.8) is 0 Å². The maximum absolute atomic E-state index is 5.69. The minimum Gasteiger partial charge on any atom is -0.493 e. The summed E-state index contributed by atoms with van der Waals surface area (Å²) in [6.45, 7) is 1.61. The SMILES string of the molecule is NCC#Cc1cccc(OCCCOc2ccccc2)c1. The zero-order chi connectivity index (χ0) is 14.8. The van der Waals surface area contributed by atoms with Gasteiger partial charge in [0.15, 0.2) is 0 Å². The standard InChI is InChI=1S/C18H19NO2/c19-12-5-8-16-7-4-11-18(15-16)21-14-6-13-20-17-9-2-1-3-10-17/h1-4,7,9-11,15H,6,12-14,19H2. The number of ether oxygens (including phenoxy) is 2. The van der Waals surface area contributed by atoms with Crippen LogP contribution in [0.4, 0.5) is 0 Å². The van der Waals surface area contributed by atoms with Gasteiger partial charge in [-0.15, -0.1) is 0 Å². The summed E-state index contributed by atoms with van der Waals surface area (Å²) in [6.07, 6.45) is 0.827. The van der Waals surface area contributed by atoms with Gasteiger partial charge in [0.25, 0.3) is 0 Å². The van der Waals surface area contributed by atoms with E-state index in [-0.39, 0.29) is 0 Å². The summed E-state index contributed by atoms with van der Waals surface area (Å²) in [5.41, 5.74) is 6.27. The first-order chi connectivity index (χ1) is 10.4. The van der Waals surface area contributed by atoms with E-state index in [1.54, 1.807) is 0 Å². The molecule has 2 N–H and O–H groups in total. The summed E-state index contributed by atoms with van der Waals surface area (Å²) in [7, 11) is 0. The molecule has 3 heteroatoms. The smallest absolute Gasteiger partial charge is 0.120 e. The Morgan fingerprint density at radius 1 is 0.857 bits per heavy atom. The molecule has 2 aromatic carbocycles. The predicted octanol–water partition coefficient (Wildman–Crippen LogP) is 2.84. The average Bonchev–Trinajstić information content (AvgIpc) is 2.54. The van der Waals surface area contributed by atoms with Gasteiger partial charge in [-0.3, -0.25) is 0 Å². The van der Waals surface area contributed by atoms with E-state index in [1.165, 1.54) is 0 Å². The summed E-state index contributed by atoms with van der Waals surface area (Å²) in [4.78, 5) is 0. The van der Waals surface area contributed by atoms with E-state index >= 15 is 0 Å². The molecule has 0 atom stereocenters. The highest BCUT2D eigenvalue weighted by atomic mass is 16.5. The molecule has 0 saturated carbocycles. The third-order valence-electron chi connectivity index (χ3n) is 2.74. The molecule has 0 amide bonds. The van der Waals surface area contributed by atoms with Gasteiger partial charge in [-0.2, -0.15) is 0 Å². The lowest BCUT2D eigenvalue weighted by Crippen LogP contribution is -2.05. The van der Waals surface area contributed by atoms with Gasteiger partial charge in [0.1, 0.15) is 11.5 Å². The average molecular weight is 281 g/mol. The van der Waals surface area contributed by atoms with Crippen LogP contribution in [0.15, 0.2) is 54.6 Å². The first-order valence-electron chi connectivity index (χ1n) is 6.98. The molecular formula is C18H19NO2. The van der Waals surface area contributed by atoms with E-state index in [0.29, 0.717) is 19.8 Å². The first-order valence-corrected chi connectivity index (χ1v) is 6.98. The van der Waals surface area contributed by atoms with Crippen molar-refractivity contribution < 1.29 is 9.47 Å². The van der Waals surface area contributed by atoms with Crippen molar-refractivity contribution in [3.8, 4) is 23.3 Å². The fraction of sp³-hybridized carbons (Fsp3) is 0.222. The van der Waals surface area contributed by atoms with Crippen LogP contribution >= 0.6 is 0 Å². The van der Waals surface area contributed by atoms with Crippen molar-refractivity contribution in [1.82, 2.24) is 0 Å². The van der Waals surface area contributed by atoms with Gasteiger partial charge in [0.2, 0.25) is 0 Å². The van der Waals surface area contributed by atoms with E-state index < -0.39 is 0 Å². The van der Waals surface area contributed by atoms with Crippen LogP contribution in [0, 0.1) is 11.8 Å². The maximum Gasteiger partial charge on any atom is 0.120 e. The summed E-state index contributed by atoms with van der Waals surface area (Å²) in [5, 5.41) is 0. The molecule has 0 aliphatic heterocycles. The molecule has 0 radical (unpaired) electrons. The zero-order valence-electron chi connectivity index (χ0n) is 11.9. The van der Waals surface area contributed by atoms with Crippen LogP contribution in [-0.4, -0.2) is 19.8 Å². The van der Waals surface area contributed by atoms with E-state index in [4.69, 9.17) is 15.2 Å². The van der Waals surface area contributed by atoms with E-state index in [2.05, 4.69) is 11.8 Å². The van der Waals surface area contributed by atoms with E-state index in [9.17, 15) is 0 Å². The minimum absolute atomic E-state index is 0.363. The van der Waals surface area contributed by atoms with Gasteiger partial charge in [0.05, 0.1) is 19.8 Å². The predicted molar refractivity (Wildman–Crippen MR) is 84.4 cm³/mol. The number of hydrogen-bond acceptors (Lipinski definition) is 3. The van der Waals surface area contributed by atoms with Gasteiger partial charge in [-0.25, -0.2) is 0 Å². The molecule has 3 nitrogen and oxygen atoms in total. The highest BCUT2D eigenvalue weighted by molar-refractivity contribution is 5.39. The van der Waals surface area contributed by atoms with Crippen molar-refractivity contribution in [1.29, 1.82) is 0 Å². The molecule has 0 spiro atoms. The Morgan fingerprint density at radius 2 is 1.57 bits per heavy atom. The van der Waals surface area contributed by atoms with Crippen LogP contribution in [0.25, 0.3) is 0 Å². The molecule has 2 aromatic rings. The van der Waals surface area contributed by atoms with Crippen molar-refractivity contribution in [2.24, 2.45) is 5.73 Å². The quantitative estimate of drug-likeness (QED) is 0.654. The molecule has 0 unspecified atom stereocenters. The Morgan fingerprint density at radius 3 is 2.33 bits per heavy atom. The number of nitrogens with two attached hydrogens (primary N) is 1. The normalized spacial score (nSPS) is 9.57. The van der Waals surface area contributed by atoms with Crippen molar-refractivity contribution in [2.75, 3.05) is 19.8 Å². The van der Waals surface area contributed by atoms with Crippen molar-refractivity contribution in [2.45, 2.75) is 6.42 Å². The number of para-hydroxylation sites is 1. The third-order valence-corrected chi connectivity index (χ3v) is 2.74. The van der Waals surface area contributed by atoms with Crippen LogP contribution in [0.5, 0.6) is 11.5 Å². The fourth-order valence-corrected chi connectivity index (χ4v) is 1.77. The van der Waals surface area contributed by atoms with Gasteiger partial charge >= 0.3 is 0 Å². The number of benzene rings is 2. The fourth-order valence-electron chi connectivity index (χ4n) is 1.77. The van der Waals surface area contributed by atoms with Gasteiger partial charge in [-0.1, -0.05) is 36.1 Å². The topological polar surface area (TPSA) is 44.5 Å². The number of hydrogen-bond donors (Lipinski definition) is 1. The molecule has 2 rings (SSSR count). The van der Waals surface area contributed by atoms with Gasteiger partial charge in [0, 0.05) is 12.0 Å². The zero-order valence-corrected chi connectivity index (χ0v) is 11.9. The van der Waals surface area contributed by atoms with Crippen LogP contribution in [-0.2, 0) is 0 Å². The van der Waals surface area contributed by atoms with E-state index in [1.807, 2.05) is 54.6 Å². The van der Waals surface area contributed by atoms with Crippen molar-refractivity contribution in [3.05, 3.63) is 60.2 Å². The molecule has 0 bridgehead atoms. The Kier molecular flexibility index (Phi) is 6.18. The highest BCUT2D eigenvalue weighted by Crippen LogP contribution is 2.13. The second-order valence-electron chi connectivity index (χ2n) is 4.40. The molecule has 0 aliphatic rings. The Labute approximate surface area is 125 Å². The lowest BCUT2D eigenvalue weighted by molar-refractivity contribution is 0.247. The Bertz CT molecular complexity index is 599. The molecule has 0 aromatic heterocycles. The third kappa shape index (κ3) is 5.60. The van der Waals surface area contributed by atoms with Crippen LogP contribution < -0.4 is 15.2 Å². The largest absolute Gasteiger partial charge is 0.493 e. The summed E-state index contributed by atoms with van der Waals surface area (Å²) in [6, 6.07) is 17.5. The van der Waals surface area contributed by atoms with Crippen LogP contribution in [0.2, 0.25) is 0 Å². The minimum atomic E-state index is 0.363. The molecular weight excluding hydrogens is 262 g/mol. The molecule has 108 valence electrons. The molecule has 0 heterocycles. The summed E-state index contributed by atoms with van der Waals surface area (Å²) in [5.74, 6) is 7.52. The summed E-state index contributed by atoms with van der Waals surface area (Å²) < 4.78 is 11.3. The highest BCUT2D eigenvalue weighted by Gasteiger charge is 1.96. The van der Waals surface area contributed by atoms with Crippen molar-refractivity contribution >= 4 is 0 Å². The monoisotopic (exact) mass is 281 g/mol. The first kappa shape index (κ1) is 15.0. The maximum atomic E-state index is 5.69. The second kappa shape index (κ2) is 8.68. The molecule has 21 heavy (non-hydrogen) atoms. The Balaban J connectivity index is 1.71. The number of rotatable bonds is 6. The van der Waals surface area contributed by atoms with Crippen LogP contribution in [0.3, 0.4) is 0 Å². The second-order valence-corrected chi connectivity index (χ2v) is 4.40. The lowest BCUT2D eigenvalue weighted by atomic mass is 10.2. The lowest BCUT2D eigenvalue weighted by Gasteiger charge is -2.08. The van der Waals surface area contributed by atoms with Crippen LogP contribution in [0.1, 0.15) is 12.0 Å². The van der Waals surface area contributed by atoms with E-state index in [0.717, 1.165) is 23.5 Å². The molecule has 0 aliphatic carbocycles. The molecule has 0 fully saturated rings. The van der Waals surface area contributed by atoms with Gasteiger partial charge in [-0.05, 0) is 30.3 Å². The summed E-state index contributed by atoms with van der Waals surface area (Å²) >= 11 is 0. The van der Waals surface area contributed by atoms with Gasteiger partial charge < -0.3 is 15.2 Å².